The van der Waals surface area contributed by atoms with E-state index in [2.05, 4.69) is 26.0 Å². The van der Waals surface area contributed by atoms with E-state index in [0.717, 1.165) is 19.3 Å². The number of benzene rings is 1. The molecule has 0 spiro atoms. The number of esters is 1. The van der Waals surface area contributed by atoms with Gasteiger partial charge in [-0.15, -0.1) is 0 Å². The number of likely N-dealkylation sites (N-methyl/N-ethyl adjacent to an activating group) is 1. The third-order valence-electron chi connectivity index (χ3n) is 6.92. The van der Waals surface area contributed by atoms with E-state index < -0.39 is 0 Å². The second-order valence-corrected chi connectivity index (χ2v) is 9.25. The Morgan fingerprint density at radius 3 is 2.80 bits per heavy atom. The quantitative estimate of drug-likeness (QED) is 0.438. The average molecular weight is 411 g/mol. The largest absolute Gasteiger partial charge is 0.504 e. The highest BCUT2D eigenvalue weighted by molar-refractivity contribution is 5.98. The van der Waals surface area contributed by atoms with Crippen LogP contribution in [0.25, 0.3) is 0 Å². The van der Waals surface area contributed by atoms with Gasteiger partial charge in [0.15, 0.2) is 17.3 Å². The van der Waals surface area contributed by atoms with Gasteiger partial charge >= 0.3 is 5.97 Å². The van der Waals surface area contributed by atoms with E-state index in [1.54, 1.807) is 0 Å². The van der Waals surface area contributed by atoms with Gasteiger partial charge in [0, 0.05) is 18.0 Å². The molecule has 2 aliphatic carbocycles. The standard InChI is InChI=1S/C24H29NO5/c1-14-5-4-8-24(2)11-22-16(10-18(14)24)17(23(29)30-22)12-25(3)13-21(28)15-6-7-19(26)20(27)9-15/h5-7,9-10,16-17,22,26-27H,4,8,11-13H2,1-3H3. The molecule has 4 atom stereocenters. The maximum absolute atomic E-state index is 12.7. The Hall–Kier alpha value is -2.60. The Kier molecular flexibility index (Phi) is 5.22. The fourth-order valence-corrected chi connectivity index (χ4v) is 5.27. The van der Waals surface area contributed by atoms with Crippen LogP contribution in [-0.4, -0.2) is 53.1 Å². The second-order valence-electron chi connectivity index (χ2n) is 9.25. The van der Waals surface area contributed by atoms with Crippen molar-refractivity contribution in [2.24, 2.45) is 17.3 Å². The molecule has 2 N–H and O–H groups in total. The van der Waals surface area contributed by atoms with Gasteiger partial charge in [0.2, 0.25) is 0 Å². The van der Waals surface area contributed by atoms with Crippen molar-refractivity contribution in [1.82, 2.24) is 4.90 Å². The van der Waals surface area contributed by atoms with Crippen LogP contribution < -0.4 is 0 Å². The number of ether oxygens (including phenoxy) is 1. The smallest absolute Gasteiger partial charge is 0.311 e. The molecule has 160 valence electrons. The number of ketones is 1. The SMILES string of the molecule is CC1=CCCC2(C)CC3OC(=O)C(CN(C)CC(=O)c4ccc(O)c(O)c4)C3C=C12. The van der Waals surface area contributed by atoms with E-state index in [4.69, 9.17) is 4.74 Å². The summed E-state index contributed by atoms with van der Waals surface area (Å²) in [5.74, 6) is -1.23. The Balaban J connectivity index is 1.48. The zero-order valence-corrected chi connectivity index (χ0v) is 17.7. The molecule has 0 saturated carbocycles. The highest BCUT2D eigenvalue weighted by Gasteiger charge is 2.51. The van der Waals surface area contributed by atoms with Crippen molar-refractivity contribution in [3.8, 4) is 11.5 Å². The molecule has 0 radical (unpaired) electrons. The molecule has 0 bridgehead atoms. The van der Waals surface area contributed by atoms with Crippen LogP contribution in [0.4, 0.5) is 0 Å². The van der Waals surface area contributed by atoms with Gasteiger partial charge < -0.3 is 14.9 Å². The highest BCUT2D eigenvalue weighted by Crippen LogP contribution is 2.52. The minimum Gasteiger partial charge on any atom is -0.504 e. The van der Waals surface area contributed by atoms with Crippen molar-refractivity contribution >= 4 is 11.8 Å². The number of carbonyl (C=O) groups excluding carboxylic acids is 2. The molecule has 30 heavy (non-hydrogen) atoms. The zero-order valence-electron chi connectivity index (χ0n) is 17.7. The fourth-order valence-electron chi connectivity index (χ4n) is 5.27. The molecule has 1 aromatic carbocycles. The van der Waals surface area contributed by atoms with Crippen LogP contribution in [-0.2, 0) is 9.53 Å². The van der Waals surface area contributed by atoms with Gasteiger partial charge in [0.25, 0.3) is 0 Å². The summed E-state index contributed by atoms with van der Waals surface area (Å²) in [6, 6.07) is 4.04. The van der Waals surface area contributed by atoms with E-state index in [9.17, 15) is 19.8 Å². The Morgan fingerprint density at radius 1 is 1.30 bits per heavy atom. The van der Waals surface area contributed by atoms with Crippen LogP contribution in [0.5, 0.6) is 11.5 Å². The number of carbonyl (C=O) groups is 2. The van der Waals surface area contributed by atoms with Crippen molar-refractivity contribution in [1.29, 1.82) is 0 Å². The molecule has 1 aromatic rings. The van der Waals surface area contributed by atoms with Gasteiger partial charge in [-0.2, -0.15) is 0 Å². The van der Waals surface area contributed by atoms with Crippen LogP contribution in [0.3, 0.4) is 0 Å². The molecule has 1 saturated heterocycles. The topological polar surface area (TPSA) is 87.1 Å². The third kappa shape index (κ3) is 3.65. The lowest BCUT2D eigenvalue weighted by Crippen LogP contribution is -2.39. The predicted octanol–water partition coefficient (Wildman–Crippen LogP) is 3.45. The highest BCUT2D eigenvalue weighted by atomic mass is 16.6. The van der Waals surface area contributed by atoms with Gasteiger partial charge in [0.1, 0.15) is 6.10 Å². The van der Waals surface area contributed by atoms with Gasteiger partial charge in [-0.25, -0.2) is 0 Å². The summed E-state index contributed by atoms with van der Waals surface area (Å²) in [5, 5.41) is 19.0. The molecule has 1 heterocycles. The maximum Gasteiger partial charge on any atom is 0.311 e. The first-order valence-corrected chi connectivity index (χ1v) is 10.5. The molecule has 0 aromatic heterocycles. The average Bonchev–Trinajstić information content (AvgIpc) is 2.96. The lowest BCUT2D eigenvalue weighted by molar-refractivity contribution is -0.145. The summed E-state index contributed by atoms with van der Waals surface area (Å²) in [6.45, 7) is 4.95. The van der Waals surface area contributed by atoms with Gasteiger partial charge in [-0.1, -0.05) is 24.6 Å². The summed E-state index contributed by atoms with van der Waals surface area (Å²) in [4.78, 5) is 27.1. The number of hydrogen-bond acceptors (Lipinski definition) is 6. The van der Waals surface area contributed by atoms with Crippen LogP contribution in [0.2, 0.25) is 0 Å². The molecule has 1 aliphatic heterocycles. The summed E-state index contributed by atoms with van der Waals surface area (Å²) in [5.41, 5.74) is 3.04. The number of phenolic OH excluding ortho intramolecular Hbond substituents is 2. The molecule has 4 rings (SSSR count). The van der Waals surface area contributed by atoms with E-state index in [-0.39, 0.29) is 53.2 Å². The number of phenols is 2. The summed E-state index contributed by atoms with van der Waals surface area (Å²) in [7, 11) is 1.81. The number of fused-ring (bicyclic) bond motifs is 2. The summed E-state index contributed by atoms with van der Waals surface area (Å²) >= 11 is 0. The van der Waals surface area contributed by atoms with Crippen molar-refractivity contribution < 1.29 is 24.5 Å². The van der Waals surface area contributed by atoms with Gasteiger partial charge in [0.05, 0.1) is 12.5 Å². The molecular weight excluding hydrogens is 382 g/mol. The molecule has 1 fully saturated rings. The van der Waals surface area contributed by atoms with Crippen molar-refractivity contribution in [2.75, 3.05) is 20.1 Å². The van der Waals surface area contributed by atoms with Crippen molar-refractivity contribution in [3.05, 3.63) is 47.1 Å². The molecular formula is C24H29NO5. The maximum atomic E-state index is 12.7. The third-order valence-corrected chi connectivity index (χ3v) is 6.92. The number of hydrogen-bond donors (Lipinski definition) is 2. The lowest BCUT2D eigenvalue weighted by Gasteiger charge is -2.43. The molecule has 6 nitrogen and oxygen atoms in total. The first kappa shape index (κ1) is 20.7. The van der Waals surface area contributed by atoms with E-state index in [1.807, 2.05) is 11.9 Å². The number of rotatable bonds is 5. The number of Topliss-reactive ketones (excluding diaryl/α,β-unsaturated/α-hetero) is 1. The second kappa shape index (κ2) is 7.58. The van der Waals surface area contributed by atoms with Crippen LogP contribution >= 0.6 is 0 Å². The van der Waals surface area contributed by atoms with Crippen LogP contribution in [0.15, 0.2) is 41.5 Å². The molecule has 4 unspecified atom stereocenters. The number of nitrogens with zero attached hydrogens (tertiary/aromatic N) is 1. The summed E-state index contributed by atoms with van der Waals surface area (Å²) < 4.78 is 5.77. The number of allylic oxidation sites excluding steroid dienone is 3. The monoisotopic (exact) mass is 411 g/mol. The first-order chi connectivity index (χ1) is 14.2. The lowest BCUT2D eigenvalue weighted by atomic mass is 9.62. The zero-order chi connectivity index (χ0) is 21.6. The van der Waals surface area contributed by atoms with E-state index in [1.165, 1.54) is 29.3 Å². The fraction of sp³-hybridized carbons (Fsp3) is 0.500. The Morgan fingerprint density at radius 2 is 2.07 bits per heavy atom. The minimum absolute atomic E-state index is 0.0253. The Bertz CT molecular complexity index is 949. The summed E-state index contributed by atoms with van der Waals surface area (Å²) in [6.07, 6.45) is 7.43. The van der Waals surface area contributed by atoms with E-state index >= 15 is 0 Å². The van der Waals surface area contributed by atoms with Crippen LogP contribution in [0.1, 0.15) is 43.5 Å². The molecule has 3 aliphatic rings. The first-order valence-electron chi connectivity index (χ1n) is 10.5. The predicted molar refractivity (Wildman–Crippen MR) is 112 cm³/mol. The van der Waals surface area contributed by atoms with Crippen molar-refractivity contribution in [3.63, 3.8) is 0 Å². The van der Waals surface area contributed by atoms with E-state index in [0.29, 0.717) is 12.1 Å². The van der Waals surface area contributed by atoms with Gasteiger partial charge in [-0.05, 0) is 62.4 Å². The van der Waals surface area contributed by atoms with Crippen LogP contribution in [0, 0.1) is 17.3 Å². The molecule has 0 amide bonds. The minimum atomic E-state index is -0.321. The molecule has 6 heteroatoms. The van der Waals surface area contributed by atoms with Crippen molar-refractivity contribution in [2.45, 2.75) is 39.2 Å². The Labute approximate surface area is 176 Å². The normalized spacial score (nSPS) is 30.3. The number of aromatic hydroxyl groups is 2. The van der Waals surface area contributed by atoms with Gasteiger partial charge in [-0.3, -0.25) is 14.5 Å².